The highest BCUT2D eigenvalue weighted by atomic mass is 32.2. The molecule has 19 heavy (non-hydrogen) atoms. The van der Waals surface area contributed by atoms with Crippen molar-refractivity contribution >= 4 is 27.6 Å². The molecule has 0 aliphatic carbocycles. The highest BCUT2D eigenvalue weighted by molar-refractivity contribution is 8.07. The minimum atomic E-state index is -0.211. The molecule has 0 aliphatic rings. The number of H-pyrrole nitrogens is 1. The van der Waals surface area contributed by atoms with Gasteiger partial charge in [0.1, 0.15) is 17.0 Å². The Labute approximate surface area is 116 Å². The minimum Gasteiger partial charge on any atom is -0.496 e. The number of aromatic amines is 1. The SMILES string of the molecule is C=C.C=C(SC)c1nc2cccc(OC)c2c(=O)[nH]1. The molecule has 0 amide bonds. The number of benzene rings is 1. The number of hydrogen-bond donors (Lipinski definition) is 1. The monoisotopic (exact) mass is 276 g/mol. The molecule has 5 heteroatoms. The van der Waals surface area contributed by atoms with Gasteiger partial charge in [0.25, 0.3) is 5.56 Å². The summed E-state index contributed by atoms with van der Waals surface area (Å²) < 4.78 is 5.15. The molecule has 1 aromatic carbocycles. The van der Waals surface area contributed by atoms with Gasteiger partial charge in [-0.25, -0.2) is 4.98 Å². The van der Waals surface area contributed by atoms with Crippen molar-refractivity contribution in [3.63, 3.8) is 0 Å². The normalized spacial score (nSPS) is 9.58. The summed E-state index contributed by atoms with van der Waals surface area (Å²) in [7, 11) is 1.53. The zero-order valence-corrected chi connectivity index (χ0v) is 11.8. The van der Waals surface area contributed by atoms with Crippen molar-refractivity contribution in [3.8, 4) is 5.75 Å². The molecule has 1 heterocycles. The first-order chi connectivity index (χ1) is 9.17. The molecule has 0 spiro atoms. The van der Waals surface area contributed by atoms with Gasteiger partial charge in [0.2, 0.25) is 0 Å². The number of nitrogens with one attached hydrogen (secondary N) is 1. The molecule has 0 saturated heterocycles. The van der Waals surface area contributed by atoms with Gasteiger partial charge < -0.3 is 9.72 Å². The largest absolute Gasteiger partial charge is 0.496 e. The lowest BCUT2D eigenvalue weighted by molar-refractivity contribution is 0.419. The maximum absolute atomic E-state index is 12.0. The molecule has 0 saturated carbocycles. The lowest BCUT2D eigenvalue weighted by atomic mass is 10.2. The molecule has 2 rings (SSSR count). The van der Waals surface area contributed by atoms with Crippen LogP contribution in [-0.4, -0.2) is 23.3 Å². The van der Waals surface area contributed by atoms with Crippen LogP contribution in [0.15, 0.2) is 42.7 Å². The summed E-state index contributed by atoms with van der Waals surface area (Å²) in [4.78, 5) is 19.8. The first-order valence-corrected chi connectivity index (χ1v) is 6.70. The van der Waals surface area contributed by atoms with E-state index in [1.165, 1.54) is 18.9 Å². The van der Waals surface area contributed by atoms with Gasteiger partial charge in [-0.05, 0) is 18.4 Å². The van der Waals surface area contributed by atoms with Crippen LogP contribution >= 0.6 is 11.8 Å². The van der Waals surface area contributed by atoms with Crippen molar-refractivity contribution < 1.29 is 4.74 Å². The summed E-state index contributed by atoms with van der Waals surface area (Å²) in [5.74, 6) is 1.03. The molecule has 0 radical (unpaired) electrons. The van der Waals surface area contributed by atoms with Crippen molar-refractivity contribution in [2.24, 2.45) is 0 Å². The number of aromatic nitrogens is 2. The van der Waals surface area contributed by atoms with E-state index >= 15 is 0 Å². The topological polar surface area (TPSA) is 55.0 Å². The average Bonchev–Trinajstić information content (AvgIpc) is 2.47. The second kappa shape index (κ2) is 6.80. The maximum atomic E-state index is 12.0. The van der Waals surface area contributed by atoms with Crippen LogP contribution in [0.1, 0.15) is 5.82 Å². The van der Waals surface area contributed by atoms with E-state index < -0.39 is 0 Å². The molecule has 0 bridgehead atoms. The smallest absolute Gasteiger partial charge is 0.262 e. The number of nitrogens with zero attached hydrogens (tertiary/aromatic N) is 1. The van der Waals surface area contributed by atoms with E-state index in [1.807, 2.05) is 6.26 Å². The van der Waals surface area contributed by atoms with E-state index in [9.17, 15) is 4.79 Å². The molecule has 0 atom stereocenters. The van der Waals surface area contributed by atoms with Crippen LogP contribution in [0.4, 0.5) is 0 Å². The fourth-order valence-electron chi connectivity index (χ4n) is 1.56. The molecule has 0 unspecified atom stereocenters. The number of methoxy groups -OCH3 is 1. The van der Waals surface area contributed by atoms with Gasteiger partial charge in [-0.2, -0.15) is 0 Å². The Balaban J connectivity index is 0.000000861. The van der Waals surface area contributed by atoms with Gasteiger partial charge >= 0.3 is 0 Å². The van der Waals surface area contributed by atoms with Crippen LogP contribution in [0.5, 0.6) is 5.75 Å². The van der Waals surface area contributed by atoms with E-state index in [4.69, 9.17) is 4.74 Å². The first-order valence-electron chi connectivity index (χ1n) is 5.47. The number of hydrogen-bond acceptors (Lipinski definition) is 4. The summed E-state index contributed by atoms with van der Waals surface area (Å²) in [5.41, 5.74) is 0.399. The van der Waals surface area contributed by atoms with Crippen molar-refractivity contribution in [2.45, 2.75) is 0 Å². The standard InChI is InChI=1S/C12H12N2O2S.C2H4/c1-7(17-3)11-13-8-5-4-6-9(16-2)10(8)12(15)14-11;1-2/h4-6H,1H2,2-3H3,(H,13,14,15);1-2H2. The highest BCUT2D eigenvalue weighted by Crippen LogP contribution is 2.23. The Kier molecular flexibility index (Phi) is 5.38. The van der Waals surface area contributed by atoms with Crippen LogP contribution < -0.4 is 10.3 Å². The Morgan fingerprint density at radius 2 is 2.11 bits per heavy atom. The molecular formula is C14H16N2O2S. The third-order valence-corrected chi connectivity index (χ3v) is 3.11. The third kappa shape index (κ3) is 3.06. The van der Waals surface area contributed by atoms with E-state index in [0.717, 1.165) is 4.91 Å². The van der Waals surface area contributed by atoms with Crippen molar-refractivity contribution in [1.29, 1.82) is 0 Å². The Morgan fingerprint density at radius 1 is 1.42 bits per heavy atom. The summed E-state index contributed by atoms with van der Waals surface area (Å²) in [6.45, 7) is 9.83. The Bertz CT molecular complexity index is 649. The van der Waals surface area contributed by atoms with Gasteiger partial charge in [0.05, 0.1) is 12.6 Å². The fourth-order valence-corrected chi connectivity index (χ4v) is 1.85. The third-order valence-electron chi connectivity index (χ3n) is 2.43. The predicted molar refractivity (Wildman–Crippen MR) is 82.7 cm³/mol. The van der Waals surface area contributed by atoms with Gasteiger partial charge in [-0.3, -0.25) is 4.79 Å². The average molecular weight is 276 g/mol. The zero-order chi connectivity index (χ0) is 14.4. The van der Waals surface area contributed by atoms with E-state index in [2.05, 4.69) is 29.7 Å². The Morgan fingerprint density at radius 3 is 2.68 bits per heavy atom. The lowest BCUT2D eigenvalue weighted by Crippen LogP contribution is -2.11. The predicted octanol–water partition coefficient (Wildman–Crippen LogP) is 3.07. The maximum Gasteiger partial charge on any atom is 0.262 e. The van der Waals surface area contributed by atoms with Gasteiger partial charge in [-0.1, -0.05) is 12.6 Å². The highest BCUT2D eigenvalue weighted by Gasteiger charge is 2.09. The number of thioether (sulfide) groups is 1. The molecule has 0 fully saturated rings. The molecule has 1 aromatic heterocycles. The summed E-state index contributed by atoms with van der Waals surface area (Å²) in [6, 6.07) is 5.33. The van der Waals surface area contributed by atoms with Crippen LogP contribution in [0.25, 0.3) is 15.8 Å². The summed E-state index contributed by atoms with van der Waals surface area (Å²) in [5, 5.41) is 0.465. The second-order valence-electron chi connectivity index (χ2n) is 3.40. The fraction of sp³-hybridized carbons (Fsp3) is 0.143. The van der Waals surface area contributed by atoms with E-state index in [0.29, 0.717) is 22.5 Å². The summed E-state index contributed by atoms with van der Waals surface area (Å²) >= 11 is 1.45. The molecule has 1 N–H and O–H groups in total. The Hall–Kier alpha value is -2.01. The lowest BCUT2D eigenvalue weighted by Gasteiger charge is -2.06. The number of ether oxygens (including phenoxy) is 1. The van der Waals surface area contributed by atoms with E-state index in [1.54, 1.807) is 18.2 Å². The number of rotatable bonds is 3. The molecule has 4 nitrogen and oxygen atoms in total. The number of fused-ring (bicyclic) bond motifs is 1. The molecule has 0 aliphatic heterocycles. The first kappa shape index (κ1) is 15.0. The van der Waals surface area contributed by atoms with Gasteiger partial charge in [0.15, 0.2) is 0 Å². The molecule has 100 valence electrons. The van der Waals surface area contributed by atoms with Crippen molar-refractivity contribution in [1.82, 2.24) is 9.97 Å². The van der Waals surface area contributed by atoms with Crippen molar-refractivity contribution in [3.05, 3.63) is 54.1 Å². The van der Waals surface area contributed by atoms with Crippen LogP contribution in [0, 0.1) is 0 Å². The van der Waals surface area contributed by atoms with Crippen molar-refractivity contribution in [2.75, 3.05) is 13.4 Å². The second-order valence-corrected chi connectivity index (χ2v) is 4.30. The minimum absolute atomic E-state index is 0.211. The summed E-state index contributed by atoms with van der Waals surface area (Å²) in [6.07, 6.45) is 1.89. The van der Waals surface area contributed by atoms with E-state index in [-0.39, 0.29) is 5.56 Å². The van der Waals surface area contributed by atoms with Crippen LogP contribution in [0.2, 0.25) is 0 Å². The van der Waals surface area contributed by atoms with Crippen LogP contribution in [-0.2, 0) is 0 Å². The molecule has 2 aromatic rings. The zero-order valence-electron chi connectivity index (χ0n) is 11.0. The quantitative estimate of drug-likeness (QED) is 0.875. The van der Waals surface area contributed by atoms with Gasteiger partial charge in [0, 0.05) is 4.91 Å². The van der Waals surface area contributed by atoms with Gasteiger partial charge in [-0.15, -0.1) is 24.9 Å². The molecular weight excluding hydrogens is 260 g/mol. The van der Waals surface area contributed by atoms with Crippen LogP contribution in [0.3, 0.4) is 0 Å².